The molecule has 0 aromatic carbocycles. The maximum absolute atomic E-state index is 11.0. The zero-order chi connectivity index (χ0) is 10.8. The van der Waals surface area contributed by atoms with Crippen LogP contribution in [0.2, 0.25) is 0 Å². The summed E-state index contributed by atoms with van der Waals surface area (Å²) in [6.45, 7) is 1.89. The van der Waals surface area contributed by atoms with E-state index in [-0.39, 0.29) is 5.56 Å². The first-order valence-electron chi connectivity index (χ1n) is 4.47. The molecule has 6 nitrogen and oxygen atoms in total. The van der Waals surface area contributed by atoms with Crippen LogP contribution in [-0.4, -0.2) is 20.0 Å². The lowest BCUT2D eigenvalue weighted by Crippen LogP contribution is -2.07. The summed E-state index contributed by atoms with van der Waals surface area (Å²) in [5, 5.41) is 13.2. The number of rotatable bonds is 2. The van der Waals surface area contributed by atoms with Crippen molar-refractivity contribution in [2.45, 2.75) is 6.92 Å². The number of aromatic amines is 1. The molecule has 0 saturated heterocycles. The molecule has 2 N–H and O–H groups in total. The van der Waals surface area contributed by atoms with Gasteiger partial charge in [-0.3, -0.25) is 9.48 Å². The van der Waals surface area contributed by atoms with E-state index >= 15 is 0 Å². The Bertz CT molecular complexity index is 527. The monoisotopic (exact) mass is 205 g/mol. The first-order valence-corrected chi connectivity index (χ1v) is 4.47. The predicted molar refractivity (Wildman–Crippen MR) is 56.1 cm³/mol. The highest BCUT2D eigenvalue weighted by Gasteiger charge is 2.03. The number of aryl methyl sites for hydroxylation is 2. The van der Waals surface area contributed by atoms with Gasteiger partial charge in [0.15, 0.2) is 0 Å². The fourth-order valence-electron chi connectivity index (χ4n) is 1.32. The van der Waals surface area contributed by atoms with Crippen molar-refractivity contribution < 1.29 is 0 Å². The Morgan fingerprint density at radius 2 is 2.33 bits per heavy atom. The molecular weight excluding hydrogens is 194 g/mol. The van der Waals surface area contributed by atoms with Crippen molar-refractivity contribution in [3.63, 3.8) is 0 Å². The molecule has 0 aliphatic heterocycles. The summed E-state index contributed by atoms with van der Waals surface area (Å²) in [7, 11) is 1.84. The van der Waals surface area contributed by atoms with Crippen molar-refractivity contribution in [3.05, 3.63) is 34.5 Å². The van der Waals surface area contributed by atoms with Gasteiger partial charge in [-0.15, -0.1) is 0 Å². The second kappa shape index (κ2) is 3.56. The molecule has 0 radical (unpaired) electrons. The first kappa shape index (κ1) is 9.45. The highest BCUT2D eigenvalue weighted by Crippen LogP contribution is 2.16. The zero-order valence-electron chi connectivity index (χ0n) is 8.48. The van der Waals surface area contributed by atoms with E-state index in [1.54, 1.807) is 10.9 Å². The average molecular weight is 205 g/mol. The second-order valence-corrected chi connectivity index (χ2v) is 3.26. The maximum atomic E-state index is 11.0. The van der Waals surface area contributed by atoms with Crippen LogP contribution in [0.5, 0.6) is 0 Å². The predicted octanol–water partition coefficient (Wildman–Crippen LogP) is 0.555. The minimum atomic E-state index is -0.235. The molecule has 0 unspecified atom stereocenters. The van der Waals surface area contributed by atoms with Crippen molar-refractivity contribution in [1.82, 2.24) is 20.0 Å². The molecule has 2 rings (SSSR count). The molecule has 6 heteroatoms. The third-order valence-corrected chi connectivity index (χ3v) is 1.96. The lowest BCUT2D eigenvalue weighted by molar-refractivity contribution is 0.756. The van der Waals surface area contributed by atoms with E-state index in [1.165, 1.54) is 6.07 Å². The van der Waals surface area contributed by atoms with Crippen LogP contribution < -0.4 is 10.9 Å². The van der Waals surface area contributed by atoms with Gasteiger partial charge in [0, 0.05) is 19.3 Å². The summed E-state index contributed by atoms with van der Waals surface area (Å²) in [4.78, 5) is 11.0. The van der Waals surface area contributed by atoms with E-state index in [2.05, 4.69) is 20.6 Å². The Morgan fingerprint density at radius 1 is 1.53 bits per heavy atom. The molecular formula is C9H11N5O. The Hall–Kier alpha value is -2.11. The Balaban J connectivity index is 2.29. The van der Waals surface area contributed by atoms with Crippen molar-refractivity contribution in [1.29, 1.82) is 0 Å². The molecule has 2 aromatic heterocycles. The second-order valence-electron chi connectivity index (χ2n) is 3.26. The van der Waals surface area contributed by atoms with Gasteiger partial charge in [-0.05, 0) is 6.92 Å². The number of hydrogen-bond donors (Lipinski definition) is 2. The third kappa shape index (κ3) is 2.04. The van der Waals surface area contributed by atoms with Gasteiger partial charge < -0.3 is 5.32 Å². The SMILES string of the molecule is Cc1nn(C)cc1Nc1cn[nH]c(=O)c1. The number of hydrogen-bond acceptors (Lipinski definition) is 4. The molecule has 15 heavy (non-hydrogen) atoms. The van der Waals surface area contributed by atoms with Crippen molar-refractivity contribution in [2.24, 2.45) is 7.05 Å². The van der Waals surface area contributed by atoms with Gasteiger partial charge in [-0.2, -0.15) is 10.2 Å². The van der Waals surface area contributed by atoms with Gasteiger partial charge >= 0.3 is 0 Å². The molecule has 2 heterocycles. The molecule has 0 saturated carbocycles. The van der Waals surface area contributed by atoms with Crippen LogP contribution >= 0.6 is 0 Å². The molecule has 78 valence electrons. The molecule has 0 spiro atoms. The molecule has 0 amide bonds. The quantitative estimate of drug-likeness (QED) is 0.751. The number of aromatic nitrogens is 4. The van der Waals surface area contributed by atoms with Gasteiger partial charge in [-0.25, -0.2) is 5.10 Å². The van der Waals surface area contributed by atoms with Crippen LogP contribution in [-0.2, 0) is 7.05 Å². The lowest BCUT2D eigenvalue weighted by atomic mass is 10.3. The van der Waals surface area contributed by atoms with Gasteiger partial charge in [0.1, 0.15) is 0 Å². The van der Waals surface area contributed by atoms with Crippen molar-refractivity contribution in [3.8, 4) is 0 Å². The summed E-state index contributed by atoms with van der Waals surface area (Å²) in [6.07, 6.45) is 3.39. The number of H-pyrrole nitrogens is 1. The fourth-order valence-corrected chi connectivity index (χ4v) is 1.32. The summed E-state index contributed by atoms with van der Waals surface area (Å²) in [5.41, 5.74) is 2.15. The summed E-state index contributed by atoms with van der Waals surface area (Å²) < 4.78 is 1.71. The minimum Gasteiger partial charge on any atom is -0.351 e. The average Bonchev–Trinajstić information content (AvgIpc) is 2.45. The van der Waals surface area contributed by atoms with Gasteiger partial charge in [-0.1, -0.05) is 0 Å². The first-order chi connectivity index (χ1) is 7.15. The van der Waals surface area contributed by atoms with E-state index in [1.807, 2.05) is 20.2 Å². The highest BCUT2D eigenvalue weighted by molar-refractivity contribution is 5.59. The fraction of sp³-hybridized carbons (Fsp3) is 0.222. The van der Waals surface area contributed by atoms with Gasteiger partial charge in [0.05, 0.1) is 23.3 Å². The van der Waals surface area contributed by atoms with E-state index < -0.39 is 0 Å². The molecule has 0 bridgehead atoms. The van der Waals surface area contributed by atoms with Crippen LogP contribution in [0.15, 0.2) is 23.3 Å². The van der Waals surface area contributed by atoms with E-state index in [9.17, 15) is 4.79 Å². The smallest absolute Gasteiger partial charge is 0.266 e. The van der Waals surface area contributed by atoms with E-state index in [0.29, 0.717) is 5.69 Å². The standard InChI is InChI=1S/C9H11N5O/c1-6-8(5-14(2)13-6)11-7-3-9(15)12-10-4-7/h3-5H,1-2H3,(H2,11,12,15). The highest BCUT2D eigenvalue weighted by atomic mass is 16.1. The molecule has 0 aliphatic rings. The lowest BCUT2D eigenvalue weighted by Gasteiger charge is -2.01. The van der Waals surface area contributed by atoms with Crippen molar-refractivity contribution >= 4 is 11.4 Å². The van der Waals surface area contributed by atoms with E-state index in [4.69, 9.17) is 0 Å². The summed E-state index contributed by atoms with van der Waals surface area (Å²) in [6, 6.07) is 1.44. The van der Waals surface area contributed by atoms with E-state index in [0.717, 1.165) is 11.4 Å². The molecule has 0 aliphatic carbocycles. The number of nitrogens with one attached hydrogen (secondary N) is 2. The topological polar surface area (TPSA) is 75.6 Å². The van der Waals surface area contributed by atoms with Gasteiger partial charge in [0.25, 0.3) is 5.56 Å². The van der Waals surface area contributed by atoms with Crippen LogP contribution in [0.1, 0.15) is 5.69 Å². The van der Waals surface area contributed by atoms with Crippen LogP contribution in [0.3, 0.4) is 0 Å². The largest absolute Gasteiger partial charge is 0.351 e. The normalized spacial score (nSPS) is 10.3. The maximum Gasteiger partial charge on any atom is 0.266 e. The Kier molecular flexibility index (Phi) is 2.24. The Labute approximate surface area is 85.9 Å². The van der Waals surface area contributed by atoms with Crippen LogP contribution in [0, 0.1) is 6.92 Å². The minimum absolute atomic E-state index is 0.235. The van der Waals surface area contributed by atoms with Gasteiger partial charge in [0.2, 0.25) is 0 Å². The molecule has 2 aromatic rings. The Morgan fingerprint density at radius 3 is 2.93 bits per heavy atom. The van der Waals surface area contributed by atoms with Crippen LogP contribution in [0.4, 0.5) is 11.4 Å². The van der Waals surface area contributed by atoms with Crippen LogP contribution in [0.25, 0.3) is 0 Å². The molecule has 0 atom stereocenters. The number of anilines is 2. The number of nitrogens with zero attached hydrogens (tertiary/aromatic N) is 3. The van der Waals surface area contributed by atoms with Crippen molar-refractivity contribution in [2.75, 3.05) is 5.32 Å². The zero-order valence-corrected chi connectivity index (χ0v) is 8.48. The summed E-state index contributed by atoms with van der Waals surface area (Å²) >= 11 is 0. The summed E-state index contributed by atoms with van der Waals surface area (Å²) in [5.74, 6) is 0. The third-order valence-electron chi connectivity index (χ3n) is 1.96. The molecule has 0 fully saturated rings.